The lowest BCUT2D eigenvalue weighted by Crippen LogP contribution is -2.26. The maximum absolute atomic E-state index is 12.0. The highest BCUT2D eigenvalue weighted by molar-refractivity contribution is 5.51. The van der Waals surface area contributed by atoms with Crippen LogP contribution in [0.2, 0.25) is 0 Å². The van der Waals surface area contributed by atoms with Gasteiger partial charge in [-0.05, 0) is 37.1 Å². The zero-order valence-corrected chi connectivity index (χ0v) is 11.7. The van der Waals surface area contributed by atoms with E-state index in [1.54, 1.807) is 14.1 Å². The van der Waals surface area contributed by atoms with Crippen molar-refractivity contribution in [3.8, 4) is 5.69 Å². The number of anilines is 1. The molecule has 0 N–H and O–H groups in total. The summed E-state index contributed by atoms with van der Waals surface area (Å²) in [5, 5.41) is 0. The third kappa shape index (κ3) is 1.88. The molecule has 0 radical (unpaired) electrons. The van der Waals surface area contributed by atoms with Gasteiger partial charge in [-0.2, -0.15) is 0 Å². The summed E-state index contributed by atoms with van der Waals surface area (Å²) in [5.74, 6) is 0. The average molecular weight is 274 g/mol. The lowest BCUT2D eigenvalue weighted by atomic mass is 10.2. The molecule has 0 atom stereocenters. The molecule has 0 amide bonds. The number of hydrogen-bond acceptors (Lipinski definition) is 3. The largest absolute Gasteiger partial charge is 0.372 e. The SMILES string of the molecule is Cn1c(=O)n(-c2ccc(N3CCCC3)cc2)c(=O)n1C. The summed E-state index contributed by atoms with van der Waals surface area (Å²) in [5.41, 5.74) is 1.10. The van der Waals surface area contributed by atoms with Crippen molar-refractivity contribution in [1.82, 2.24) is 13.9 Å². The van der Waals surface area contributed by atoms with Gasteiger partial charge in [-0.15, -0.1) is 0 Å². The van der Waals surface area contributed by atoms with Crippen molar-refractivity contribution in [2.24, 2.45) is 14.1 Å². The first kappa shape index (κ1) is 12.8. The number of aromatic nitrogens is 3. The summed E-state index contributed by atoms with van der Waals surface area (Å²) in [6, 6.07) is 7.60. The topological polar surface area (TPSA) is 52.2 Å². The van der Waals surface area contributed by atoms with Crippen LogP contribution in [-0.2, 0) is 14.1 Å². The van der Waals surface area contributed by atoms with Gasteiger partial charge in [0, 0.05) is 32.9 Å². The summed E-state index contributed by atoms with van der Waals surface area (Å²) in [4.78, 5) is 26.4. The molecule has 1 fully saturated rings. The number of nitrogens with zero attached hydrogens (tertiary/aromatic N) is 4. The van der Waals surface area contributed by atoms with Gasteiger partial charge in [-0.3, -0.25) is 0 Å². The van der Waals surface area contributed by atoms with Crippen LogP contribution in [0.5, 0.6) is 0 Å². The molecule has 2 aromatic rings. The molecule has 20 heavy (non-hydrogen) atoms. The first-order valence-electron chi connectivity index (χ1n) is 6.80. The molecular weight excluding hydrogens is 256 g/mol. The maximum atomic E-state index is 12.0. The molecule has 3 rings (SSSR count). The Morgan fingerprint density at radius 1 is 0.800 bits per heavy atom. The Balaban J connectivity index is 2.02. The second-order valence-electron chi connectivity index (χ2n) is 5.16. The molecule has 6 nitrogen and oxygen atoms in total. The molecule has 0 spiro atoms. The molecule has 0 saturated carbocycles. The Bertz CT molecular complexity index is 697. The van der Waals surface area contributed by atoms with E-state index in [2.05, 4.69) is 4.90 Å². The van der Waals surface area contributed by atoms with Crippen molar-refractivity contribution in [2.75, 3.05) is 18.0 Å². The van der Waals surface area contributed by atoms with Crippen molar-refractivity contribution in [3.05, 3.63) is 45.2 Å². The Kier molecular flexibility index (Phi) is 3.00. The highest BCUT2D eigenvalue weighted by atomic mass is 16.2. The predicted octanol–water partition coefficient (Wildman–Crippen LogP) is 0.475. The fourth-order valence-corrected chi connectivity index (χ4v) is 2.64. The Labute approximate surface area is 116 Å². The van der Waals surface area contributed by atoms with Gasteiger partial charge >= 0.3 is 11.4 Å². The van der Waals surface area contributed by atoms with Crippen molar-refractivity contribution in [2.45, 2.75) is 12.8 Å². The van der Waals surface area contributed by atoms with Crippen molar-refractivity contribution < 1.29 is 0 Å². The van der Waals surface area contributed by atoms with Gasteiger partial charge in [0.15, 0.2) is 0 Å². The van der Waals surface area contributed by atoms with Crippen molar-refractivity contribution >= 4 is 5.69 Å². The van der Waals surface area contributed by atoms with E-state index in [0.717, 1.165) is 18.8 Å². The van der Waals surface area contributed by atoms with Crippen molar-refractivity contribution in [1.29, 1.82) is 0 Å². The fraction of sp³-hybridized carbons (Fsp3) is 0.429. The average Bonchev–Trinajstić information content (AvgIpc) is 3.05. The van der Waals surface area contributed by atoms with Crippen LogP contribution in [0.4, 0.5) is 5.69 Å². The Hall–Kier alpha value is -2.24. The summed E-state index contributed by atoms with van der Waals surface area (Å²) < 4.78 is 3.79. The van der Waals surface area contributed by atoms with Crippen molar-refractivity contribution in [3.63, 3.8) is 0 Å². The van der Waals surface area contributed by atoms with Gasteiger partial charge in [0.05, 0.1) is 5.69 Å². The first-order chi connectivity index (χ1) is 9.59. The van der Waals surface area contributed by atoms with Crippen LogP contribution in [-0.4, -0.2) is 27.0 Å². The zero-order valence-electron chi connectivity index (χ0n) is 11.7. The molecule has 6 heteroatoms. The summed E-state index contributed by atoms with van der Waals surface area (Å²) in [6.07, 6.45) is 2.45. The third-order valence-corrected chi connectivity index (χ3v) is 3.97. The zero-order chi connectivity index (χ0) is 14.3. The van der Waals surface area contributed by atoms with E-state index in [1.807, 2.05) is 24.3 Å². The van der Waals surface area contributed by atoms with E-state index in [1.165, 1.54) is 26.8 Å². The second-order valence-corrected chi connectivity index (χ2v) is 5.16. The molecule has 0 aliphatic carbocycles. The van der Waals surface area contributed by atoms with Gasteiger partial charge in [0.2, 0.25) is 0 Å². The molecule has 1 aliphatic heterocycles. The van der Waals surface area contributed by atoms with E-state index < -0.39 is 0 Å². The molecule has 1 aromatic heterocycles. The summed E-state index contributed by atoms with van der Waals surface area (Å²) >= 11 is 0. The second kappa shape index (κ2) is 4.70. The van der Waals surface area contributed by atoms with Gasteiger partial charge in [0.25, 0.3) is 0 Å². The molecule has 1 saturated heterocycles. The highest BCUT2D eigenvalue weighted by Crippen LogP contribution is 2.20. The molecular formula is C14H18N4O2. The van der Waals surface area contributed by atoms with Crippen LogP contribution in [0.15, 0.2) is 33.9 Å². The quantitative estimate of drug-likeness (QED) is 0.800. The Morgan fingerprint density at radius 2 is 1.25 bits per heavy atom. The molecule has 1 aromatic carbocycles. The third-order valence-electron chi connectivity index (χ3n) is 3.97. The van der Waals surface area contributed by atoms with Gasteiger partial charge < -0.3 is 4.90 Å². The highest BCUT2D eigenvalue weighted by Gasteiger charge is 2.14. The van der Waals surface area contributed by atoms with E-state index >= 15 is 0 Å². The first-order valence-corrected chi connectivity index (χ1v) is 6.80. The molecule has 106 valence electrons. The van der Waals surface area contributed by atoms with E-state index in [0.29, 0.717) is 5.69 Å². The molecule has 2 heterocycles. The fourth-order valence-electron chi connectivity index (χ4n) is 2.64. The molecule has 0 bridgehead atoms. The molecule has 1 aliphatic rings. The predicted molar refractivity (Wildman–Crippen MR) is 77.7 cm³/mol. The van der Waals surface area contributed by atoms with Gasteiger partial charge in [-0.1, -0.05) is 0 Å². The molecule has 0 unspecified atom stereocenters. The Morgan fingerprint density at radius 3 is 1.75 bits per heavy atom. The summed E-state index contributed by atoms with van der Waals surface area (Å²) in [6.45, 7) is 2.15. The number of benzene rings is 1. The van der Waals surface area contributed by atoms with E-state index in [4.69, 9.17) is 0 Å². The monoisotopic (exact) mass is 274 g/mol. The number of rotatable bonds is 2. The smallest absolute Gasteiger partial charge is 0.351 e. The van der Waals surface area contributed by atoms with Crippen LogP contribution in [0.3, 0.4) is 0 Å². The summed E-state index contributed by atoms with van der Waals surface area (Å²) in [7, 11) is 3.16. The van der Waals surface area contributed by atoms with E-state index in [9.17, 15) is 9.59 Å². The standard InChI is InChI=1S/C14H18N4O2/c1-15-13(19)18(14(20)16(15)2)12-7-5-11(6-8-12)17-9-3-4-10-17/h5-8H,3-4,9-10H2,1-2H3. The normalized spacial score (nSPS) is 15.0. The minimum Gasteiger partial charge on any atom is -0.372 e. The van der Waals surface area contributed by atoms with Crippen LogP contribution in [0, 0.1) is 0 Å². The minimum absolute atomic E-state index is 0.327. The minimum atomic E-state index is -0.327. The van der Waals surface area contributed by atoms with Crippen LogP contribution in [0.1, 0.15) is 12.8 Å². The lowest BCUT2D eigenvalue weighted by Gasteiger charge is -2.17. The van der Waals surface area contributed by atoms with Crippen LogP contribution in [0.25, 0.3) is 5.69 Å². The van der Waals surface area contributed by atoms with Gasteiger partial charge in [0.1, 0.15) is 0 Å². The maximum Gasteiger partial charge on any atom is 0.351 e. The van der Waals surface area contributed by atoms with E-state index in [-0.39, 0.29) is 11.4 Å². The lowest BCUT2D eigenvalue weighted by molar-refractivity contribution is 0.565. The van der Waals surface area contributed by atoms with Crippen LogP contribution >= 0.6 is 0 Å². The van der Waals surface area contributed by atoms with Gasteiger partial charge in [-0.25, -0.2) is 23.5 Å². The number of hydrogen-bond donors (Lipinski definition) is 0. The van der Waals surface area contributed by atoms with Crippen LogP contribution < -0.4 is 16.3 Å².